The third-order valence-corrected chi connectivity index (χ3v) is 3.17. The van der Waals surface area contributed by atoms with Gasteiger partial charge in [0.15, 0.2) is 5.82 Å². The van der Waals surface area contributed by atoms with Crippen molar-refractivity contribution in [1.82, 2.24) is 9.97 Å². The molecule has 0 fully saturated rings. The van der Waals surface area contributed by atoms with Gasteiger partial charge < -0.3 is 9.84 Å². The first kappa shape index (κ1) is 13.1. The molecule has 4 nitrogen and oxygen atoms in total. The fourth-order valence-electron chi connectivity index (χ4n) is 2.03. The number of phenolic OH excluding ortho intramolecular Hbond substituents is 1. The highest BCUT2D eigenvalue weighted by atomic mass is 16.5. The van der Waals surface area contributed by atoms with Crippen molar-refractivity contribution in [2.24, 2.45) is 0 Å². The molecule has 3 aromatic rings. The lowest BCUT2D eigenvalue weighted by molar-refractivity contribution is 0.415. The Hall–Kier alpha value is -2.88. The van der Waals surface area contributed by atoms with Crippen molar-refractivity contribution in [3.05, 3.63) is 60.8 Å². The van der Waals surface area contributed by atoms with Crippen molar-refractivity contribution in [2.75, 3.05) is 7.11 Å². The molecular formula is C17H14N2O2. The normalized spacial score (nSPS) is 10.3. The van der Waals surface area contributed by atoms with Gasteiger partial charge in [0.25, 0.3) is 0 Å². The van der Waals surface area contributed by atoms with Crippen molar-refractivity contribution < 1.29 is 9.84 Å². The highest BCUT2D eigenvalue weighted by Gasteiger charge is 2.05. The van der Waals surface area contributed by atoms with Crippen molar-refractivity contribution in [2.45, 2.75) is 0 Å². The van der Waals surface area contributed by atoms with E-state index >= 15 is 0 Å². The van der Waals surface area contributed by atoms with E-state index in [4.69, 9.17) is 4.74 Å². The van der Waals surface area contributed by atoms with Gasteiger partial charge in [-0.2, -0.15) is 0 Å². The number of nitrogens with zero attached hydrogens (tertiary/aromatic N) is 2. The maximum Gasteiger partial charge on any atom is 0.159 e. The molecule has 0 spiro atoms. The summed E-state index contributed by atoms with van der Waals surface area (Å²) < 4.78 is 5.15. The number of methoxy groups -OCH3 is 1. The first-order valence-electron chi connectivity index (χ1n) is 6.53. The number of hydrogen-bond donors (Lipinski definition) is 1. The molecule has 4 heteroatoms. The van der Waals surface area contributed by atoms with E-state index in [1.54, 1.807) is 37.6 Å². The third kappa shape index (κ3) is 2.84. The number of aromatic hydroxyl groups is 1. The van der Waals surface area contributed by atoms with Gasteiger partial charge in [0.05, 0.1) is 12.8 Å². The molecule has 0 bridgehead atoms. The average molecular weight is 278 g/mol. The quantitative estimate of drug-likeness (QED) is 0.796. The van der Waals surface area contributed by atoms with Gasteiger partial charge in [0.1, 0.15) is 11.5 Å². The van der Waals surface area contributed by atoms with Crippen LogP contribution in [0.5, 0.6) is 11.5 Å². The van der Waals surface area contributed by atoms with Crippen LogP contribution >= 0.6 is 0 Å². The molecule has 1 N–H and O–H groups in total. The topological polar surface area (TPSA) is 55.2 Å². The maximum absolute atomic E-state index is 9.33. The van der Waals surface area contributed by atoms with Crippen LogP contribution in [-0.4, -0.2) is 22.2 Å². The van der Waals surface area contributed by atoms with E-state index in [2.05, 4.69) is 9.97 Å². The van der Waals surface area contributed by atoms with Crippen LogP contribution < -0.4 is 4.74 Å². The van der Waals surface area contributed by atoms with Gasteiger partial charge in [-0.05, 0) is 54.6 Å². The number of ether oxygens (including phenoxy) is 1. The average Bonchev–Trinajstić information content (AvgIpc) is 2.56. The second-order valence-corrected chi connectivity index (χ2v) is 4.54. The molecule has 2 aromatic carbocycles. The standard InChI is InChI=1S/C17H14N2O2/c1-21-15-8-4-12(5-9-15)16-10-11-18-17(19-16)13-2-6-14(20)7-3-13/h2-11,20H,1H3. The minimum Gasteiger partial charge on any atom is -0.508 e. The Labute approximate surface area is 122 Å². The predicted octanol–water partition coefficient (Wildman–Crippen LogP) is 3.52. The molecule has 0 saturated carbocycles. The van der Waals surface area contributed by atoms with Crippen molar-refractivity contribution in [3.8, 4) is 34.1 Å². The Morgan fingerprint density at radius 2 is 1.52 bits per heavy atom. The Morgan fingerprint density at radius 3 is 2.19 bits per heavy atom. The molecule has 104 valence electrons. The number of benzene rings is 2. The molecule has 1 heterocycles. The van der Waals surface area contributed by atoms with Gasteiger partial charge in [-0.3, -0.25) is 0 Å². The molecule has 1 aromatic heterocycles. The van der Waals surface area contributed by atoms with Gasteiger partial charge in [0, 0.05) is 17.3 Å². The molecule has 0 amide bonds. The second kappa shape index (κ2) is 5.63. The van der Waals surface area contributed by atoms with Crippen LogP contribution in [0, 0.1) is 0 Å². The fraction of sp³-hybridized carbons (Fsp3) is 0.0588. The Kier molecular flexibility index (Phi) is 3.51. The van der Waals surface area contributed by atoms with Crippen LogP contribution in [0.3, 0.4) is 0 Å². The minimum atomic E-state index is 0.227. The van der Waals surface area contributed by atoms with Crippen LogP contribution in [0.15, 0.2) is 60.8 Å². The zero-order valence-electron chi connectivity index (χ0n) is 11.5. The van der Waals surface area contributed by atoms with E-state index in [1.165, 1.54) is 0 Å². The van der Waals surface area contributed by atoms with Gasteiger partial charge in [0.2, 0.25) is 0 Å². The lowest BCUT2D eigenvalue weighted by Gasteiger charge is -2.05. The molecular weight excluding hydrogens is 264 g/mol. The summed E-state index contributed by atoms with van der Waals surface area (Å²) in [7, 11) is 1.64. The van der Waals surface area contributed by atoms with Crippen molar-refractivity contribution >= 4 is 0 Å². The predicted molar refractivity (Wildman–Crippen MR) is 81.1 cm³/mol. The van der Waals surface area contributed by atoms with E-state index in [-0.39, 0.29) is 5.75 Å². The Bertz CT molecular complexity index is 737. The lowest BCUT2D eigenvalue weighted by Crippen LogP contribution is -1.91. The van der Waals surface area contributed by atoms with E-state index in [0.29, 0.717) is 5.82 Å². The van der Waals surface area contributed by atoms with Crippen LogP contribution in [0.2, 0.25) is 0 Å². The number of phenols is 1. The first-order valence-corrected chi connectivity index (χ1v) is 6.53. The van der Waals surface area contributed by atoms with Gasteiger partial charge in [-0.1, -0.05) is 0 Å². The molecule has 0 unspecified atom stereocenters. The van der Waals surface area contributed by atoms with E-state index < -0.39 is 0 Å². The Balaban J connectivity index is 1.97. The highest BCUT2D eigenvalue weighted by molar-refractivity contribution is 5.64. The molecule has 21 heavy (non-hydrogen) atoms. The monoisotopic (exact) mass is 278 g/mol. The summed E-state index contributed by atoms with van der Waals surface area (Å²) in [4.78, 5) is 8.85. The maximum atomic E-state index is 9.33. The van der Waals surface area contributed by atoms with Gasteiger partial charge in [-0.25, -0.2) is 9.97 Å². The minimum absolute atomic E-state index is 0.227. The summed E-state index contributed by atoms with van der Waals surface area (Å²) in [5.74, 6) is 1.67. The van der Waals surface area contributed by atoms with E-state index in [0.717, 1.165) is 22.6 Å². The van der Waals surface area contributed by atoms with Crippen LogP contribution in [0.1, 0.15) is 0 Å². The zero-order valence-corrected chi connectivity index (χ0v) is 11.5. The Morgan fingerprint density at radius 1 is 0.857 bits per heavy atom. The summed E-state index contributed by atoms with van der Waals surface area (Å²) in [6.07, 6.45) is 1.73. The van der Waals surface area contributed by atoms with Gasteiger partial charge in [-0.15, -0.1) is 0 Å². The highest BCUT2D eigenvalue weighted by Crippen LogP contribution is 2.23. The SMILES string of the molecule is COc1ccc(-c2ccnc(-c3ccc(O)cc3)n2)cc1. The largest absolute Gasteiger partial charge is 0.508 e. The third-order valence-electron chi connectivity index (χ3n) is 3.17. The summed E-state index contributed by atoms with van der Waals surface area (Å²) in [5.41, 5.74) is 2.71. The van der Waals surface area contributed by atoms with E-state index in [1.807, 2.05) is 30.3 Å². The molecule has 0 aliphatic rings. The number of aromatic nitrogens is 2. The van der Waals surface area contributed by atoms with Crippen molar-refractivity contribution in [1.29, 1.82) is 0 Å². The summed E-state index contributed by atoms with van der Waals surface area (Å²) in [6, 6.07) is 16.4. The second-order valence-electron chi connectivity index (χ2n) is 4.54. The fourth-order valence-corrected chi connectivity index (χ4v) is 2.03. The number of rotatable bonds is 3. The molecule has 3 rings (SSSR count). The summed E-state index contributed by atoms with van der Waals surface area (Å²) in [5, 5.41) is 9.33. The zero-order chi connectivity index (χ0) is 14.7. The summed E-state index contributed by atoms with van der Waals surface area (Å²) >= 11 is 0. The van der Waals surface area contributed by atoms with Crippen LogP contribution in [-0.2, 0) is 0 Å². The molecule has 0 aliphatic carbocycles. The van der Waals surface area contributed by atoms with E-state index in [9.17, 15) is 5.11 Å². The van der Waals surface area contributed by atoms with Crippen LogP contribution in [0.25, 0.3) is 22.6 Å². The van der Waals surface area contributed by atoms with Gasteiger partial charge >= 0.3 is 0 Å². The summed E-state index contributed by atoms with van der Waals surface area (Å²) in [6.45, 7) is 0. The van der Waals surface area contributed by atoms with Crippen LogP contribution in [0.4, 0.5) is 0 Å². The molecule has 0 saturated heterocycles. The van der Waals surface area contributed by atoms with Crippen molar-refractivity contribution in [3.63, 3.8) is 0 Å². The molecule has 0 atom stereocenters. The first-order chi connectivity index (χ1) is 10.3. The smallest absolute Gasteiger partial charge is 0.159 e. The molecule has 0 aliphatic heterocycles. The molecule has 0 radical (unpaired) electrons. The number of hydrogen-bond acceptors (Lipinski definition) is 4. The lowest BCUT2D eigenvalue weighted by atomic mass is 10.1.